The fraction of sp³-hybridized carbons (Fsp3) is 0.294. The Morgan fingerprint density at radius 1 is 1.33 bits per heavy atom. The molecule has 0 aromatic heterocycles. The third kappa shape index (κ3) is 3.60. The van der Waals surface area contributed by atoms with Crippen molar-refractivity contribution >= 4 is 27.5 Å². The van der Waals surface area contributed by atoms with Gasteiger partial charge < -0.3 is 10.1 Å². The lowest BCUT2D eigenvalue weighted by atomic mass is 10.1. The summed E-state index contributed by atoms with van der Waals surface area (Å²) >= 11 is 9.53. The zero-order valence-corrected chi connectivity index (χ0v) is 14.1. The van der Waals surface area contributed by atoms with Crippen LogP contribution in [-0.4, -0.2) is 12.6 Å². The number of halogens is 2. The third-order valence-corrected chi connectivity index (χ3v) is 4.49. The van der Waals surface area contributed by atoms with Crippen LogP contribution in [0.4, 0.5) is 0 Å². The van der Waals surface area contributed by atoms with Gasteiger partial charge in [0.25, 0.3) is 0 Å². The zero-order chi connectivity index (χ0) is 14.8. The summed E-state index contributed by atoms with van der Waals surface area (Å²) in [5.74, 6) is 0.960. The molecule has 0 bridgehead atoms. The van der Waals surface area contributed by atoms with Crippen LogP contribution in [0, 0.1) is 0 Å². The summed E-state index contributed by atoms with van der Waals surface area (Å²) in [6, 6.07) is 14.5. The second-order valence-corrected chi connectivity index (χ2v) is 6.73. The Morgan fingerprint density at radius 3 is 3.00 bits per heavy atom. The molecule has 0 aliphatic carbocycles. The molecule has 1 N–H and O–H groups in total. The first-order chi connectivity index (χ1) is 10.1. The van der Waals surface area contributed by atoms with Gasteiger partial charge in [0, 0.05) is 28.5 Å². The Bertz CT molecular complexity index is 646. The van der Waals surface area contributed by atoms with Crippen LogP contribution in [0.15, 0.2) is 46.9 Å². The van der Waals surface area contributed by atoms with E-state index in [-0.39, 0.29) is 6.10 Å². The minimum atomic E-state index is 0.174. The maximum atomic E-state index is 6.02. The van der Waals surface area contributed by atoms with Crippen LogP contribution >= 0.6 is 27.5 Å². The molecular formula is C17H17BrClNO. The predicted molar refractivity (Wildman–Crippen MR) is 90.1 cm³/mol. The van der Waals surface area contributed by atoms with Crippen LogP contribution in [0.3, 0.4) is 0 Å². The van der Waals surface area contributed by atoms with Crippen molar-refractivity contribution in [3.8, 4) is 5.75 Å². The fourth-order valence-electron chi connectivity index (χ4n) is 2.60. The van der Waals surface area contributed by atoms with Crippen LogP contribution in [0.5, 0.6) is 5.75 Å². The molecule has 1 unspecified atom stereocenters. The molecule has 4 heteroatoms. The highest BCUT2D eigenvalue weighted by Crippen LogP contribution is 2.31. The maximum absolute atomic E-state index is 6.02. The van der Waals surface area contributed by atoms with Crippen LogP contribution in [0.25, 0.3) is 0 Å². The molecule has 110 valence electrons. The van der Waals surface area contributed by atoms with E-state index in [0.717, 1.165) is 28.2 Å². The molecule has 3 rings (SSSR count). The first-order valence-electron chi connectivity index (χ1n) is 7.06. The van der Waals surface area contributed by atoms with Crippen molar-refractivity contribution in [3.05, 3.63) is 63.1 Å². The van der Waals surface area contributed by atoms with Crippen molar-refractivity contribution in [2.24, 2.45) is 0 Å². The molecule has 1 aliphatic rings. The molecule has 2 nitrogen and oxygen atoms in total. The van der Waals surface area contributed by atoms with Gasteiger partial charge in [-0.2, -0.15) is 0 Å². The SMILES string of the molecule is C[C@@H](NCC1Cc2cc(Cl)ccc2O1)c1cccc(Br)c1. The molecule has 21 heavy (non-hydrogen) atoms. The van der Waals surface area contributed by atoms with Gasteiger partial charge in [-0.25, -0.2) is 0 Å². The molecule has 0 fully saturated rings. The Balaban J connectivity index is 1.57. The quantitative estimate of drug-likeness (QED) is 0.842. The number of rotatable bonds is 4. The van der Waals surface area contributed by atoms with Gasteiger partial charge in [0.15, 0.2) is 0 Å². The average Bonchev–Trinajstić information content (AvgIpc) is 2.86. The minimum Gasteiger partial charge on any atom is -0.488 e. The van der Waals surface area contributed by atoms with Crippen molar-refractivity contribution in [2.45, 2.75) is 25.5 Å². The third-order valence-electron chi connectivity index (χ3n) is 3.76. The van der Waals surface area contributed by atoms with E-state index in [9.17, 15) is 0 Å². The lowest BCUT2D eigenvalue weighted by molar-refractivity contribution is 0.222. The van der Waals surface area contributed by atoms with Gasteiger partial charge in [0.1, 0.15) is 11.9 Å². The van der Waals surface area contributed by atoms with Crippen molar-refractivity contribution < 1.29 is 4.74 Å². The maximum Gasteiger partial charge on any atom is 0.123 e. The standard InChI is InChI=1S/C17H17BrClNO/c1-11(12-3-2-4-14(18)7-12)20-10-16-9-13-8-15(19)5-6-17(13)21-16/h2-8,11,16,20H,9-10H2,1H3/t11-,16?/m1/s1. The van der Waals surface area contributed by atoms with Gasteiger partial charge in [-0.3, -0.25) is 0 Å². The molecule has 0 radical (unpaired) electrons. The molecule has 0 amide bonds. The summed E-state index contributed by atoms with van der Waals surface area (Å²) in [5, 5.41) is 4.31. The zero-order valence-electron chi connectivity index (χ0n) is 11.8. The lowest BCUT2D eigenvalue weighted by Gasteiger charge is -2.18. The molecule has 1 aliphatic heterocycles. The van der Waals surface area contributed by atoms with E-state index in [0.29, 0.717) is 6.04 Å². The van der Waals surface area contributed by atoms with Gasteiger partial charge in [-0.05, 0) is 48.4 Å². The Morgan fingerprint density at radius 2 is 2.19 bits per heavy atom. The van der Waals surface area contributed by atoms with Crippen molar-refractivity contribution in [3.63, 3.8) is 0 Å². The smallest absolute Gasteiger partial charge is 0.123 e. The van der Waals surface area contributed by atoms with Crippen LogP contribution in [0.2, 0.25) is 5.02 Å². The number of hydrogen-bond donors (Lipinski definition) is 1. The van der Waals surface area contributed by atoms with Crippen molar-refractivity contribution in [2.75, 3.05) is 6.54 Å². The molecule has 0 spiro atoms. The minimum absolute atomic E-state index is 0.174. The van der Waals surface area contributed by atoms with Gasteiger partial charge in [-0.15, -0.1) is 0 Å². The second kappa shape index (κ2) is 6.39. The van der Waals surface area contributed by atoms with E-state index in [1.165, 1.54) is 11.1 Å². The monoisotopic (exact) mass is 365 g/mol. The second-order valence-electron chi connectivity index (χ2n) is 5.38. The molecule has 0 saturated carbocycles. The first-order valence-corrected chi connectivity index (χ1v) is 8.23. The molecule has 1 heterocycles. The Kier molecular flexibility index (Phi) is 4.53. The largest absolute Gasteiger partial charge is 0.488 e. The number of nitrogens with one attached hydrogen (secondary N) is 1. The summed E-state index contributed by atoms with van der Waals surface area (Å²) in [7, 11) is 0. The van der Waals surface area contributed by atoms with E-state index in [1.807, 2.05) is 24.3 Å². The van der Waals surface area contributed by atoms with Gasteiger partial charge in [0.05, 0.1) is 0 Å². The van der Waals surface area contributed by atoms with E-state index < -0.39 is 0 Å². The molecule has 2 atom stereocenters. The van der Waals surface area contributed by atoms with Crippen LogP contribution in [0.1, 0.15) is 24.1 Å². The Hall–Kier alpha value is -1.03. The summed E-state index contributed by atoms with van der Waals surface area (Å²) in [5.41, 5.74) is 2.47. The summed E-state index contributed by atoms with van der Waals surface area (Å²) in [4.78, 5) is 0. The van der Waals surface area contributed by atoms with Gasteiger partial charge >= 0.3 is 0 Å². The average molecular weight is 367 g/mol. The summed E-state index contributed by atoms with van der Waals surface area (Å²) in [6.45, 7) is 2.99. The summed E-state index contributed by atoms with van der Waals surface area (Å²) < 4.78 is 7.05. The molecular weight excluding hydrogens is 350 g/mol. The highest BCUT2D eigenvalue weighted by Gasteiger charge is 2.23. The van der Waals surface area contributed by atoms with Crippen LogP contribution < -0.4 is 10.1 Å². The van der Waals surface area contributed by atoms with Gasteiger partial charge in [-0.1, -0.05) is 39.7 Å². The number of ether oxygens (including phenoxy) is 1. The van der Waals surface area contributed by atoms with Crippen LogP contribution in [-0.2, 0) is 6.42 Å². The molecule has 0 saturated heterocycles. The topological polar surface area (TPSA) is 21.3 Å². The first kappa shape index (κ1) is 14.9. The fourth-order valence-corrected chi connectivity index (χ4v) is 3.22. The predicted octanol–water partition coefficient (Wildman–Crippen LogP) is 4.76. The number of hydrogen-bond acceptors (Lipinski definition) is 2. The Labute approximate surface area is 138 Å². The van der Waals surface area contributed by atoms with Crippen molar-refractivity contribution in [1.82, 2.24) is 5.32 Å². The van der Waals surface area contributed by atoms with E-state index in [1.54, 1.807) is 0 Å². The normalized spacial score (nSPS) is 18.1. The lowest BCUT2D eigenvalue weighted by Crippen LogP contribution is -2.31. The van der Waals surface area contributed by atoms with E-state index >= 15 is 0 Å². The highest BCUT2D eigenvalue weighted by atomic mass is 79.9. The van der Waals surface area contributed by atoms with E-state index in [2.05, 4.69) is 46.4 Å². The number of fused-ring (bicyclic) bond motifs is 1. The van der Waals surface area contributed by atoms with E-state index in [4.69, 9.17) is 16.3 Å². The molecule has 2 aromatic carbocycles. The highest BCUT2D eigenvalue weighted by molar-refractivity contribution is 9.10. The summed E-state index contributed by atoms with van der Waals surface area (Å²) in [6.07, 6.45) is 1.08. The molecule has 2 aromatic rings. The van der Waals surface area contributed by atoms with Crippen molar-refractivity contribution in [1.29, 1.82) is 0 Å². The van der Waals surface area contributed by atoms with Gasteiger partial charge in [0.2, 0.25) is 0 Å². The number of benzene rings is 2.